The number of para-hydroxylation sites is 1. The maximum atomic E-state index is 13.7. The summed E-state index contributed by atoms with van der Waals surface area (Å²) < 4.78 is 19.1. The molecule has 0 bridgehead atoms. The highest BCUT2D eigenvalue weighted by Crippen LogP contribution is 2.20. The number of aromatic nitrogens is 2. The summed E-state index contributed by atoms with van der Waals surface area (Å²) in [6.07, 6.45) is 1.64. The van der Waals surface area contributed by atoms with Crippen molar-refractivity contribution in [1.82, 2.24) is 19.9 Å². The summed E-state index contributed by atoms with van der Waals surface area (Å²) >= 11 is 0. The summed E-state index contributed by atoms with van der Waals surface area (Å²) in [6, 6.07) is 11.0. The quantitative estimate of drug-likeness (QED) is 0.738. The van der Waals surface area contributed by atoms with Crippen molar-refractivity contribution < 1.29 is 8.91 Å². The van der Waals surface area contributed by atoms with Crippen molar-refractivity contribution >= 4 is 11.0 Å². The Balaban J connectivity index is 1.35. The molecule has 0 saturated carbocycles. The third-order valence-corrected chi connectivity index (χ3v) is 4.50. The number of hydrogen-bond acceptors (Lipinski definition) is 5. The number of piperazine rings is 1. The Morgan fingerprint density at radius 3 is 2.38 bits per heavy atom. The number of rotatable bonds is 4. The van der Waals surface area contributed by atoms with Crippen LogP contribution in [-0.4, -0.2) is 46.1 Å². The third-order valence-electron chi connectivity index (χ3n) is 4.50. The van der Waals surface area contributed by atoms with Gasteiger partial charge in [-0.05, 0) is 24.3 Å². The van der Waals surface area contributed by atoms with Crippen LogP contribution < -0.4 is 0 Å². The molecule has 0 radical (unpaired) electrons. The fourth-order valence-corrected chi connectivity index (χ4v) is 3.12. The van der Waals surface area contributed by atoms with Crippen LogP contribution in [0.5, 0.6) is 0 Å². The van der Waals surface area contributed by atoms with Crippen molar-refractivity contribution in [3.05, 3.63) is 59.8 Å². The fourth-order valence-electron chi connectivity index (χ4n) is 3.12. The predicted octanol–water partition coefficient (Wildman–Crippen LogP) is 2.68. The van der Waals surface area contributed by atoms with Crippen LogP contribution in [0.25, 0.3) is 11.0 Å². The predicted molar refractivity (Wildman–Crippen MR) is 88.8 cm³/mol. The molecule has 0 spiro atoms. The normalized spacial score (nSPS) is 16.7. The zero-order valence-corrected chi connectivity index (χ0v) is 13.4. The molecule has 0 N–H and O–H groups in total. The van der Waals surface area contributed by atoms with Gasteiger partial charge >= 0.3 is 0 Å². The van der Waals surface area contributed by atoms with Gasteiger partial charge in [-0.1, -0.05) is 17.3 Å². The number of benzene rings is 1. The van der Waals surface area contributed by atoms with Gasteiger partial charge in [-0.15, -0.1) is 0 Å². The molecule has 3 aromatic rings. The first-order valence-electron chi connectivity index (χ1n) is 8.17. The Bertz CT molecular complexity index is 827. The van der Waals surface area contributed by atoms with Crippen molar-refractivity contribution in [1.29, 1.82) is 0 Å². The number of hydrogen-bond donors (Lipinski definition) is 0. The monoisotopic (exact) mass is 326 g/mol. The van der Waals surface area contributed by atoms with Crippen LogP contribution in [0.4, 0.5) is 4.39 Å². The molecule has 5 nitrogen and oxygen atoms in total. The van der Waals surface area contributed by atoms with Gasteiger partial charge < -0.3 is 4.52 Å². The minimum absolute atomic E-state index is 0.228. The standard InChI is InChI=1S/C18H19FN4O/c19-15-5-3-7-20-17(15)13-23-10-8-22(9-11-23)12-16-14-4-1-2-6-18(14)24-21-16/h1-7H,8-13H2. The Hall–Kier alpha value is -2.31. The van der Waals surface area contributed by atoms with Crippen molar-refractivity contribution in [3.63, 3.8) is 0 Å². The maximum Gasteiger partial charge on any atom is 0.167 e. The molecular formula is C18H19FN4O. The zero-order chi connectivity index (χ0) is 16.4. The minimum Gasteiger partial charge on any atom is -0.356 e. The lowest BCUT2D eigenvalue weighted by Gasteiger charge is -2.34. The summed E-state index contributed by atoms with van der Waals surface area (Å²) in [5.74, 6) is -0.228. The van der Waals surface area contributed by atoms with Gasteiger partial charge in [-0.3, -0.25) is 14.8 Å². The lowest BCUT2D eigenvalue weighted by molar-refractivity contribution is 0.118. The van der Waals surface area contributed by atoms with E-state index in [4.69, 9.17) is 4.52 Å². The van der Waals surface area contributed by atoms with Crippen LogP contribution >= 0.6 is 0 Å². The van der Waals surface area contributed by atoms with Gasteiger partial charge in [0.1, 0.15) is 11.5 Å². The Labute approximate surface area is 139 Å². The van der Waals surface area contributed by atoms with Crippen LogP contribution in [0, 0.1) is 5.82 Å². The zero-order valence-electron chi connectivity index (χ0n) is 13.4. The van der Waals surface area contributed by atoms with E-state index >= 15 is 0 Å². The molecule has 0 aliphatic carbocycles. The molecule has 1 aliphatic heterocycles. The second kappa shape index (κ2) is 6.67. The van der Waals surface area contributed by atoms with Gasteiger partial charge in [0.05, 0.1) is 5.69 Å². The molecule has 1 aromatic carbocycles. The van der Waals surface area contributed by atoms with Crippen LogP contribution in [-0.2, 0) is 13.1 Å². The molecule has 24 heavy (non-hydrogen) atoms. The molecule has 1 aliphatic rings. The van der Waals surface area contributed by atoms with E-state index in [1.807, 2.05) is 24.3 Å². The lowest BCUT2D eigenvalue weighted by atomic mass is 10.2. The molecule has 1 saturated heterocycles. The fraction of sp³-hybridized carbons (Fsp3) is 0.333. The topological polar surface area (TPSA) is 45.4 Å². The van der Waals surface area contributed by atoms with Crippen molar-refractivity contribution in [3.8, 4) is 0 Å². The van der Waals surface area contributed by atoms with E-state index in [1.165, 1.54) is 6.07 Å². The van der Waals surface area contributed by atoms with E-state index in [0.717, 1.165) is 49.4 Å². The summed E-state index contributed by atoms with van der Waals surface area (Å²) in [7, 11) is 0. The van der Waals surface area contributed by atoms with Gasteiger partial charge in [0.15, 0.2) is 5.58 Å². The van der Waals surface area contributed by atoms with Crippen LogP contribution in [0.1, 0.15) is 11.4 Å². The highest BCUT2D eigenvalue weighted by Gasteiger charge is 2.20. The number of halogens is 1. The van der Waals surface area contributed by atoms with E-state index in [2.05, 4.69) is 19.9 Å². The van der Waals surface area contributed by atoms with Gasteiger partial charge in [0.25, 0.3) is 0 Å². The Kier molecular flexibility index (Phi) is 4.23. The molecule has 3 heterocycles. The van der Waals surface area contributed by atoms with Crippen LogP contribution in [0.3, 0.4) is 0 Å². The largest absolute Gasteiger partial charge is 0.356 e. The van der Waals surface area contributed by atoms with Gasteiger partial charge in [-0.25, -0.2) is 4.39 Å². The van der Waals surface area contributed by atoms with E-state index in [0.29, 0.717) is 12.2 Å². The molecule has 6 heteroatoms. The van der Waals surface area contributed by atoms with E-state index in [9.17, 15) is 4.39 Å². The first-order chi connectivity index (χ1) is 11.8. The maximum absolute atomic E-state index is 13.7. The molecule has 0 unspecified atom stereocenters. The molecule has 0 amide bonds. The third kappa shape index (κ3) is 3.16. The number of fused-ring (bicyclic) bond motifs is 1. The molecular weight excluding hydrogens is 307 g/mol. The Morgan fingerprint density at radius 1 is 0.917 bits per heavy atom. The van der Waals surface area contributed by atoms with Crippen molar-refractivity contribution in [2.24, 2.45) is 0 Å². The second-order valence-electron chi connectivity index (χ2n) is 6.11. The average molecular weight is 326 g/mol. The molecule has 0 atom stereocenters. The van der Waals surface area contributed by atoms with Gasteiger partial charge in [0, 0.05) is 50.9 Å². The highest BCUT2D eigenvalue weighted by atomic mass is 19.1. The summed E-state index contributed by atoms with van der Waals surface area (Å²) in [5, 5.41) is 5.28. The van der Waals surface area contributed by atoms with Gasteiger partial charge in [-0.2, -0.15) is 0 Å². The summed E-state index contributed by atoms with van der Waals surface area (Å²) in [6.45, 7) is 4.99. The smallest absolute Gasteiger partial charge is 0.167 e. The van der Waals surface area contributed by atoms with Crippen molar-refractivity contribution in [2.45, 2.75) is 13.1 Å². The minimum atomic E-state index is -0.228. The average Bonchev–Trinajstić information content (AvgIpc) is 3.02. The van der Waals surface area contributed by atoms with E-state index in [-0.39, 0.29) is 5.82 Å². The molecule has 2 aromatic heterocycles. The van der Waals surface area contributed by atoms with Crippen LogP contribution in [0.15, 0.2) is 47.1 Å². The molecule has 4 rings (SSSR count). The summed E-state index contributed by atoms with van der Waals surface area (Å²) in [5.41, 5.74) is 2.33. The summed E-state index contributed by atoms with van der Waals surface area (Å²) in [4.78, 5) is 8.73. The number of pyridine rings is 1. The molecule has 1 fully saturated rings. The SMILES string of the molecule is Fc1cccnc1CN1CCN(Cc2noc3ccccc23)CC1. The lowest BCUT2D eigenvalue weighted by Crippen LogP contribution is -2.45. The molecule has 124 valence electrons. The number of nitrogens with zero attached hydrogens (tertiary/aromatic N) is 4. The van der Waals surface area contributed by atoms with E-state index in [1.54, 1.807) is 12.3 Å². The first kappa shape index (κ1) is 15.2. The van der Waals surface area contributed by atoms with Gasteiger partial charge in [0.2, 0.25) is 0 Å². The Morgan fingerprint density at radius 2 is 1.62 bits per heavy atom. The van der Waals surface area contributed by atoms with E-state index < -0.39 is 0 Å². The highest BCUT2D eigenvalue weighted by molar-refractivity contribution is 5.79. The first-order valence-corrected chi connectivity index (χ1v) is 8.17. The second-order valence-corrected chi connectivity index (χ2v) is 6.11. The van der Waals surface area contributed by atoms with Crippen LogP contribution in [0.2, 0.25) is 0 Å². The van der Waals surface area contributed by atoms with Crippen molar-refractivity contribution in [2.75, 3.05) is 26.2 Å².